The van der Waals surface area contributed by atoms with Gasteiger partial charge in [0.05, 0.1) is 6.20 Å². The number of hydrogen-bond acceptors (Lipinski definition) is 5. The van der Waals surface area contributed by atoms with Crippen molar-refractivity contribution in [3.8, 4) is 11.8 Å². The Balaban J connectivity index is 1.62. The number of ether oxygens (including phenoxy) is 1. The average Bonchev–Trinajstić information content (AvgIpc) is 3.04. The van der Waals surface area contributed by atoms with Crippen molar-refractivity contribution in [2.45, 2.75) is 32.7 Å². The molecule has 0 aliphatic rings. The van der Waals surface area contributed by atoms with E-state index in [1.165, 1.54) is 5.56 Å². The number of anilines is 1. The van der Waals surface area contributed by atoms with Crippen LogP contribution in [0.15, 0.2) is 48.9 Å². The van der Waals surface area contributed by atoms with Crippen molar-refractivity contribution < 1.29 is 4.74 Å². The van der Waals surface area contributed by atoms with E-state index in [0.29, 0.717) is 18.3 Å². The largest absolute Gasteiger partial charge is 0.424 e. The predicted molar refractivity (Wildman–Crippen MR) is 93.2 cm³/mol. The van der Waals surface area contributed by atoms with Crippen LogP contribution in [0.2, 0.25) is 0 Å². The van der Waals surface area contributed by atoms with E-state index in [1.54, 1.807) is 18.5 Å². The van der Waals surface area contributed by atoms with Crippen molar-refractivity contribution in [2.24, 2.45) is 0 Å². The third-order valence-corrected chi connectivity index (χ3v) is 3.56. The van der Waals surface area contributed by atoms with Crippen molar-refractivity contribution in [1.29, 1.82) is 0 Å². The maximum absolute atomic E-state index is 5.58. The van der Waals surface area contributed by atoms with Crippen molar-refractivity contribution >= 4 is 5.69 Å². The molecule has 3 rings (SSSR count). The molecular weight excluding hydrogens is 302 g/mol. The van der Waals surface area contributed by atoms with Gasteiger partial charge in [-0.05, 0) is 30.3 Å². The van der Waals surface area contributed by atoms with E-state index in [2.05, 4.69) is 46.3 Å². The number of rotatable bonds is 5. The zero-order chi connectivity index (χ0) is 17.0. The van der Waals surface area contributed by atoms with Gasteiger partial charge in [0.15, 0.2) is 0 Å². The first-order valence-electron chi connectivity index (χ1n) is 7.84. The minimum Gasteiger partial charge on any atom is -0.424 e. The molecule has 2 heterocycles. The Kier molecular flexibility index (Phi) is 4.46. The topological polar surface area (TPSA) is 75.7 Å². The van der Waals surface area contributed by atoms with E-state index in [9.17, 15) is 0 Å². The summed E-state index contributed by atoms with van der Waals surface area (Å²) in [4.78, 5) is 8.08. The first-order valence-corrected chi connectivity index (χ1v) is 7.84. The Morgan fingerprint density at radius 1 is 1.08 bits per heavy atom. The normalized spacial score (nSPS) is 11.3. The van der Waals surface area contributed by atoms with Crippen LogP contribution in [0.3, 0.4) is 0 Å². The summed E-state index contributed by atoms with van der Waals surface area (Å²) in [5, 5.41) is 10.7. The molecule has 0 fully saturated rings. The third-order valence-electron chi connectivity index (χ3n) is 3.56. The Morgan fingerprint density at radius 3 is 2.46 bits per heavy atom. The van der Waals surface area contributed by atoms with E-state index in [-0.39, 0.29) is 5.41 Å². The van der Waals surface area contributed by atoms with Gasteiger partial charge in [0.2, 0.25) is 0 Å². The maximum atomic E-state index is 5.58. The van der Waals surface area contributed by atoms with Gasteiger partial charge in [-0.1, -0.05) is 20.8 Å². The molecule has 0 unspecified atom stereocenters. The summed E-state index contributed by atoms with van der Waals surface area (Å²) in [5.74, 6) is 0.699. The Bertz CT molecular complexity index is 775. The molecule has 6 heteroatoms. The summed E-state index contributed by atoms with van der Waals surface area (Å²) in [7, 11) is 0. The van der Waals surface area contributed by atoms with Gasteiger partial charge >= 0.3 is 6.01 Å². The molecule has 0 spiro atoms. The number of nitrogens with one attached hydrogen (secondary N) is 2. The van der Waals surface area contributed by atoms with Crippen LogP contribution in [0.1, 0.15) is 32.0 Å². The van der Waals surface area contributed by atoms with Crippen LogP contribution in [0, 0.1) is 0 Å². The van der Waals surface area contributed by atoms with Crippen LogP contribution in [0.25, 0.3) is 0 Å². The number of nitrogens with zero attached hydrogens (tertiary/aromatic N) is 3. The lowest BCUT2D eigenvalue weighted by molar-refractivity contribution is 0.442. The van der Waals surface area contributed by atoms with E-state index in [0.717, 1.165) is 11.4 Å². The maximum Gasteiger partial charge on any atom is 0.321 e. The quantitative estimate of drug-likeness (QED) is 0.744. The van der Waals surface area contributed by atoms with Crippen LogP contribution in [-0.2, 0) is 12.0 Å². The molecule has 124 valence electrons. The molecule has 0 atom stereocenters. The highest BCUT2D eigenvalue weighted by Crippen LogP contribution is 2.25. The first-order chi connectivity index (χ1) is 11.5. The zero-order valence-electron chi connectivity index (χ0n) is 14.1. The average molecular weight is 323 g/mol. The van der Waals surface area contributed by atoms with Gasteiger partial charge in [-0.15, -0.1) is 0 Å². The fraction of sp³-hybridized carbons (Fsp3) is 0.278. The van der Waals surface area contributed by atoms with Gasteiger partial charge in [-0.2, -0.15) is 5.10 Å². The molecule has 2 aromatic heterocycles. The summed E-state index contributed by atoms with van der Waals surface area (Å²) in [6.45, 7) is 7.22. The van der Waals surface area contributed by atoms with Gasteiger partial charge in [0, 0.05) is 41.3 Å². The van der Waals surface area contributed by atoms with Crippen LogP contribution in [-0.4, -0.2) is 20.2 Å². The molecule has 0 aliphatic carbocycles. The minimum atomic E-state index is 0.0426. The van der Waals surface area contributed by atoms with Crippen molar-refractivity contribution in [3.63, 3.8) is 0 Å². The first kappa shape index (κ1) is 16.0. The fourth-order valence-electron chi connectivity index (χ4n) is 2.38. The number of aromatic amines is 1. The number of aromatic nitrogens is 4. The van der Waals surface area contributed by atoms with Crippen LogP contribution in [0.4, 0.5) is 5.69 Å². The summed E-state index contributed by atoms with van der Waals surface area (Å²) in [5.41, 5.74) is 3.37. The molecule has 1 aromatic carbocycles. The molecule has 6 nitrogen and oxygen atoms in total. The fourth-order valence-corrected chi connectivity index (χ4v) is 2.38. The highest BCUT2D eigenvalue weighted by atomic mass is 16.5. The van der Waals surface area contributed by atoms with Crippen molar-refractivity contribution in [1.82, 2.24) is 20.2 Å². The molecule has 0 saturated carbocycles. The van der Waals surface area contributed by atoms with Crippen LogP contribution in [0.5, 0.6) is 11.8 Å². The van der Waals surface area contributed by atoms with Gasteiger partial charge < -0.3 is 10.1 Å². The lowest BCUT2D eigenvalue weighted by Gasteiger charge is -2.18. The van der Waals surface area contributed by atoms with E-state index < -0.39 is 0 Å². The summed E-state index contributed by atoms with van der Waals surface area (Å²) >= 11 is 0. The lowest BCUT2D eigenvalue weighted by atomic mass is 9.89. The number of hydrogen-bond donors (Lipinski definition) is 2. The monoisotopic (exact) mass is 323 g/mol. The molecule has 24 heavy (non-hydrogen) atoms. The standard InChI is InChI=1S/C18H21N5O/c1-18(2,3)16-13(12-22-23-16)11-21-14-5-7-15(8-6-14)24-17-19-9-4-10-20-17/h4-10,12,21H,11H2,1-3H3,(H,22,23). The van der Waals surface area contributed by atoms with Gasteiger partial charge in [-0.3, -0.25) is 5.10 Å². The van der Waals surface area contributed by atoms with Crippen LogP contribution >= 0.6 is 0 Å². The van der Waals surface area contributed by atoms with E-state index in [4.69, 9.17) is 4.74 Å². The molecule has 0 aliphatic heterocycles. The highest BCUT2D eigenvalue weighted by Gasteiger charge is 2.19. The summed E-state index contributed by atoms with van der Waals surface area (Å²) in [6, 6.07) is 9.80. The smallest absolute Gasteiger partial charge is 0.321 e. The Labute approximate surface area is 141 Å². The molecule has 0 radical (unpaired) electrons. The van der Waals surface area contributed by atoms with Crippen molar-refractivity contribution in [2.75, 3.05) is 5.32 Å². The molecule has 0 amide bonds. The Hall–Kier alpha value is -2.89. The van der Waals surface area contributed by atoms with Gasteiger partial charge in [0.1, 0.15) is 5.75 Å². The summed E-state index contributed by atoms with van der Waals surface area (Å²) in [6.07, 6.45) is 5.17. The lowest BCUT2D eigenvalue weighted by Crippen LogP contribution is -2.15. The number of benzene rings is 1. The number of H-pyrrole nitrogens is 1. The second-order valence-corrected chi connectivity index (χ2v) is 6.53. The predicted octanol–water partition coefficient (Wildman–Crippen LogP) is 3.90. The molecule has 2 N–H and O–H groups in total. The SMILES string of the molecule is CC(C)(C)c1[nH]ncc1CNc1ccc(Oc2ncccn2)cc1. The molecular formula is C18H21N5O. The minimum absolute atomic E-state index is 0.0426. The molecule has 3 aromatic rings. The molecule has 0 saturated heterocycles. The zero-order valence-corrected chi connectivity index (χ0v) is 14.1. The summed E-state index contributed by atoms with van der Waals surface area (Å²) < 4.78 is 5.58. The van der Waals surface area contributed by atoms with Crippen LogP contribution < -0.4 is 10.1 Å². The second kappa shape index (κ2) is 6.70. The van der Waals surface area contributed by atoms with E-state index >= 15 is 0 Å². The highest BCUT2D eigenvalue weighted by molar-refractivity contribution is 5.47. The molecule has 0 bridgehead atoms. The van der Waals surface area contributed by atoms with E-state index in [1.807, 2.05) is 30.5 Å². The third kappa shape index (κ3) is 3.90. The second-order valence-electron chi connectivity index (χ2n) is 6.53. The van der Waals surface area contributed by atoms with Gasteiger partial charge in [-0.25, -0.2) is 9.97 Å². The van der Waals surface area contributed by atoms with Gasteiger partial charge in [0.25, 0.3) is 0 Å². The van der Waals surface area contributed by atoms with Crippen molar-refractivity contribution in [3.05, 3.63) is 60.2 Å². The Morgan fingerprint density at radius 2 is 1.79 bits per heavy atom.